The molecule has 0 unspecified atom stereocenters. The molecule has 0 radical (unpaired) electrons. The van der Waals surface area contributed by atoms with Crippen molar-refractivity contribution >= 4 is 17.6 Å². The number of halogens is 1. The molecule has 1 fully saturated rings. The molecule has 9 nitrogen and oxygen atoms in total. The molecule has 31 heavy (non-hydrogen) atoms. The molecule has 1 aromatic heterocycles. The molecule has 0 spiro atoms. The van der Waals surface area contributed by atoms with Gasteiger partial charge in [0, 0.05) is 45.4 Å². The van der Waals surface area contributed by atoms with Crippen molar-refractivity contribution in [1.82, 2.24) is 19.8 Å². The van der Waals surface area contributed by atoms with Crippen LogP contribution in [0.1, 0.15) is 36.2 Å². The van der Waals surface area contributed by atoms with Crippen molar-refractivity contribution in [3.63, 3.8) is 0 Å². The fourth-order valence-electron chi connectivity index (χ4n) is 3.65. The molecule has 166 valence electrons. The van der Waals surface area contributed by atoms with Gasteiger partial charge in [0.05, 0.1) is 0 Å². The third kappa shape index (κ3) is 5.65. The first-order chi connectivity index (χ1) is 14.7. The van der Waals surface area contributed by atoms with E-state index in [-0.39, 0.29) is 42.3 Å². The van der Waals surface area contributed by atoms with Crippen LogP contribution in [0.15, 0.2) is 24.4 Å². The number of nitrogens with one attached hydrogen (secondary N) is 1. The number of piperidine rings is 1. The molecule has 2 amide bonds. The van der Waals surface area contributed by atoms with Crippen LogP contribution in [0.3, 0.4) is 0 Å². The van der Waals surface area contributed by atoms with Gasteiger partial charge in [0.15, 0.2) is 0 Å². The molecule has 2 aromatic rings. The zero-order valence-electron chi connectivity index (χ0n) is 17.6. The predicted octanol–water partition coefficient (Wildman–Crippen LogP) is 2.49. The van der Waals surface area contributed by atoms with E-state index in [9.17, 15) is 24.1 Å². The molecule has 3 rings (SSSR count). The predicted molar refractivity (Wildman–Crippen MR) is 111 cm³/mol. The van der Waals surface area contributed by atoms with Gasteiger partial charge in [-0.05, 0) is 46.9 Å². The van der Waals surface area contributed by atoms with Gasteiger partial charge in [-0.3, -0.25) is 9.59 Å². The van der Waals surface area contributed by atoms with Crippen LogP contribution in [-0.4, -0.2) is 44.3 Å². The summed E-state index contributed by atoms with van der Waals surface area (Å²) in [6.45, 7) is 4.91. The summed E-state index contributed by atoms with van der Waals surface area (Å²) in [5, 5.41) is 13.6. The van der Waals surface area contributed by atoms with Gasteiger partial charge in [-0.25, -0.2) is 4.39 Å². The second-order valence-electron chi connectivity index (χ2n) is 7.80. The highest BCUT2D eigenvalue weighted by Gasteiger charge is 2.27. The summed E-state index contributed by atoms with van der Waals surface area (Å²) in [5.74, 6) is -0.357. The molecule has 1 aliphatic rings. The van der Waals surface area contributed by atoms with Crippen LogP contribution in [0, 0.1) is 35.7 Å². The maximum absolute atomic E-state index is 13.6. The summed E-state index contributed by atoms with van der Waals surface area (Å²) < 4.78 is 15.2. The van der Waals surface area contributed by atoms with Crippen molar-refractivity contribution < 1.29 is 18.9 Å². The van der Waals surface area contributed by atoms with Gasteiger partial charge in [0.2, 0.25) is 17.6 Å². The summed E-state index contributed by atoms with van der Waals surface area (Å²) >= 11 is 0. The van der Waals surface area contributed by atoms with E-state index < -0.39 is 4.92 Å². The van der Waals surface area contributed by atoms with Crippen LogP contribution in [0.25, 0.3) is 0 Å². The van der Waals surface area contributed by atoms with Crippen LogP contribution in [0.4, 0.5) is 10.2 Å². The molecular weight excluding hydrogens is 405 g/mol. The average Bonchev–Trinajstić information content (AvgIpc) is 3.13. The van der Waals surface area contributed by atoms with Gasteiger partial charge in [-0.15, -0.1) is 0 Å². The quantitative estimate of drug-likeness (QED) is 0.535. The fourth-order valence-corrected chi connectivity index (χ4v) is 3.65. The van der Waals surface area contributed by atoms with E-state index in [1.54, 1.807) is 35.4 Å². The molecule has 1 N–H and O–H groups in total. The van der Waals surface area contributed by atoms with E-state index in [0.29, 0.717) is 49.4 Å². The number of rotatable bonds is 7. The van der Waals surface area contributed by atoms with E-state index in [4.69, 9.17) is 0 Å². The second-order valence-corrected chi connectivity index (χ2v) is 7.80. The number of carbonyl (C=O) groups is 2. The zero-order valence-corrected chi connectivity index (χ0v) is 17.6. The minimum atomic E-state index is -0.559. The van der Waals surface area contributed by atoms with Crippen LogP contribution < -0.4 is 5.32 Å². The number of carbonyl (C=O) groups excluding carboxylic acids is 2. The van der Waals surface area contributed by atoms with Crippen molar-refractivity contribution in [3.8, 4) is 0 Å². The maximum Gasteiger partial charge on any atom is 0.381 e. The summed E-state index contributed by atoms with van der Waals surface area (Å²) in [5.41, 5.74) is 1.27. The summed E-state index contributed by atoms with van der Waals surface area (Å²) in [6.07, 6.45) is 2.67. The lowest BCUT2D eigenvalue weighted by atomic mass is 9.95. The number of amides is 2. The number of likely N-dealkylation sites (tertiary alicyclic amines) is 1. The van der Waals surface area contributed by atoms with Gasteiger partial charge in [-0.1, -0.05) is 12.1 Å². The smallest absolute Gasteiger partial charge is 0.358 e. The van der Waals surface area contributed by atoms with Gasteiger partial charge >= 0.3 is 5.82 Å². The topological polar surface area (TPSA) is 110 Å². The van der Waals surface area contributed by atoms with Crippen LogP contribution in [-0.2, 0) is 22.7 Å². The molecule has 0 bridgehead atoms. The molecule has 2 heterocycles. The highest BCUT2D eigenvalue weighted by atomic mass is 19.1. The van der Waals surface area contributed by atoms with E-state index in [2.05, 4.69) is 10.3 Å². The zero-order chi connectivity index (χ0) is 22.5. The minimum absolute atomic E-state index is 0.0512. The first kappa shape index (κ1) is 22.4. The summed E-state index contributed by atoms with van der Waals surface area (Å²) in [7, 11) is 0. The van der Waals surface area contributed by atoms with Crippen molar-refractivity contribution in [3.05, 3.63) is 57.3 Å². The highest BCUT2D eigenvalue weighted by Crippen LogP contribution is 2.19. The molecule has 1 aliphatic heterocycles. The Morgan fingerprint density at radius 2 is 2.00 bits per heavy atom. The van der Waals surface area contributed by atoms with E-state index in [0.717, 1.165) is 0 Å². The molecule has 1 saturated heterocycles. The van der Waals surface area contributed by atoms with Crippen molar-refractivity contribution in [2.45, 2.75) is 46.2 Å². The monoisotopic (exact) mass is 431 g/mol. The SMILES string of the molecule is Cc1ccc(CNC(=O)C2CCN(C(=O)CCn3cc([N+](=O)[O-])nc3C)CC2)cc1F. The van der Waals surface area contributed by atoms with Crippen LogP contribution >= 0.6 is 0 Å². The molecule has 0 atom stereocenters. The van der Waals surface area contributed by atoms with Gasteiger partial charge in [0.1, 0.15) is 12.0 Å². The molecule has 0 saturated carbocycles. The Kier molecular flexibility index (Phi) is 6.98. The Balaban J connectivity index is 1.43. The summed E-state index contributed by atoms with van der Waals surface area (Å²) in [4.78, 5) is 40.7. The van der Waals surface area contributed by atoms with Crippen molar-refractivity contribution in [2.75, 3.05) is 13.1 Å². The summed E-state index contributed by atoms with van der Waals surface area (Å²) in [6, 6.07) is 4.90. The molecule has 10 heteroatoms. The van der Waals surface area contributed by atoms with Crippen LogP contribution in [0.2, 0.25) is 0 Å². The maximum atomic E-state index is 13.6. The first-order valence-corrected chi connectivity index (χ1v) is 10.2. The number of hydrogen-bond donors (Lipinski definition) is 1. The molecule has 0 aliphatic carbocycles. The lowest BCUT2D eigenvalue weighted by Crippen LogP contribution is -2.43. The molecular formula is C21H26FN5O4. The molecule has 1 aromatic carbocycles. The van der Waals surface area contributed by atoms with Crippen molar-refractivity contribution in [2.24, 2.45) is 5.92 Å². The Labute approximate surface area is 179 Å². The number of benzene rings is 1. The lowest BCUT2D eigenvalue weighted by Gasteiger charge is -2.31. The number of nitro groups is 1. The van der Waals surface area contributed by atoms with Crippen molar-refractivity contribution in [1.29, 1.82) is 0 Å². The van der Waals surface area contributed by atoms with Gasteiger partial charge in [-0.2, -0.15) is 0 Å². The number of aryl methyl sites for hydroxylation is 3. The van der Waals surface area contributed by atoms with Gasteiger partial charge < -0.3 is 24.9 Å². The Bertz CT molecular complexity index is 982. The number of aromatic nitrogens is 2. The normalized spacial score (nSPS) is 14.5. The van der Waals surface area contributed by atoms with E-state index in [1.807, 2.05) is 0 Å². The highest BCUT2D eigenvalue weighted by molar-refractivity contribution is 5.80. The third-order valence-electron chi connectivity index (χ3n) is 5.64. The first-order valence-electron chi connectivity index (χ1n) is 10.2. The Hall–Kier alpha value is -3.30. The fraction of sp³-hybridized carbons (Fsp3) is 0.476. The standard InChI is InChI=1S/C21H26FN5O4/c1-14-3-4-16(11-18(14)22)12-23-21(29)17-5-8-25(9-6-17)20(28)7-10-26-13-19(27(30)31)24-15(26)2/h3-4,11,13,17H,5-10,12H2,1-2H3,(H,23,29). The largest absolute Gasteiger partial charge is 0.381 e. The number of hydrogen-bond acceptors (Lipinski definition) is 5. The lowest BCUT2D eigenvalue weighted by molar-refractivity contribution is -0.389. The van der Waals surface area contributed by atoms with Crippen LogP contribution in [0.5, 0.6) is 0 Å². The van der Waals surface area contributed by atoms with E-state index in [1.165, 1.54) is 12.3 Å². The van der Waals surface area contributed by atoms with E-state index >= 15 is 0 Å². The second kappa shape index (κ2) is 9.67. The van der Waals surface area contributed by atoms with Gasteiger partial charge in [0.25, 0.3) is 0 Å². The third-order valence-corrected chi connectivity index (χ3v) is 5.64. The minimum Gasteiger partial charge on any atom is -0.358 e. The average molecular weight is 431 g/mol. The Morgan fingerprint density at radius 1 is 1.29 bits per heavy atom. The number of nitrogens with zero attached hydrogens (tertiary/aromatic N) is 4. The Morgan fingerprint density at radius 3 is 2.61 bits per heavy atom. The number of imidazole rings is 1.